The zero-order valence-corrected chi connectivity index (χ0v) is 15.5. The van der Waals surface area contributed by atoms with Crippen LogP contribution in [0.25, 0.3) is 0 Å². The van der Waals surface area contributed by atoms with Crippen LogP contribution in [0.1, 0.15) is 49.4 Å². The summed E-state index contributed by atoms with van der Waals surface area (Å²) in [5.74, 6) is 1.80. The minimum Gasteiger partial charge on any atom is -0.360 e. The molecule has 1 aliphatic carbocycles. The Morgan fingerprint density at radius 1 is 1.28 bits per heavy atom. The van der Waals surface area contributed by atoms with E-state index in [1.807, 2.05) is 6.92 Å². The van der Waals surface area contributed by atoms with Crippen molar-refractivity contribution in [2.75, 3.05) is 13.1 Å². The maximum Gasteiger partial charge on any atom is 0.248 e. The van der Waals surface area contributed by atoms with Crippen LogP contribution in [0.5, 0.6) is 0 Å². The van der Waals surface area contributed by atoms with Crippen LogP contribution in [0, 0.1) is 19.8 Å². The van der Waals surface area contributed by atoms with E-state index in [0.29, 0.717) is 42.7 Å². The number of hydrogen-bond donors (Lipinski definition) is 0. The quantitative estimate of drug-likeness (QED) is 0.815. The second-order valence-corrected chi connectivity index (χ2v) is 8.94. The summed E-state index contributed by atoms with van der Waals surface area (Å²) < 4.78 is 38.3. The van der Waals surface area contributed by atoms with Gasteiger partial charge in [0.2, 0.25) is 15.9 Å². The minimum atomic E-state index is -3.65. The highest BCUT2D eigenvalue weighted by atomic mass is 32.2. The summed E-state index contributed by atoms with van der Waals surface area (Å²) in [6.07, 6.45) is 3.59. The molecule has 2 aromatic heterocycles. The number of sulfonamides is 1. The van der Waals surface area contributed by atoms with Crippen molar-refractivity contribution in [2.45, 2.75) is 56.8 Å². The zero-order valence-electron chi connectivity index (χ0n) is 14.7. The average molecular weight is 366 g/mol. The fraction of sp³-hybridized carbons (Fsp3) is 0.688. The fourth-order valence-electron chi connectivity index (χ4n) is 4.36. The van der Waals surface area contributed by atoms with Crippen molar-refractivity contribution >= 4 is 10.0 Å². The molecule has 136 valence electrons. The molecule has 25 heavy (non-hydrogen) atoms. The van der Waals surface area contributed by atoms with E-state index < -0.39 is 10.0 Å². The largest absolute Gasteiger partial charge is 0.360 e. The predicted molar refractivity (Wildman–Crippen MR) is 87.4 cm³/mol. The Balaban J connectivity index is 1.71. The van der Waals surface area contributed by atoms with Gasteiger partial charge in [0.1, 0.15) is 10.6 Å². The van der Waals surface area contributed by atoms with Crippen molar-refractivity contribution in [3.63, 3.8) is 0 Å². The van der Waals surface area contributed by atoms with E-state index in [1.165, 1.54) is 0 Å². The van der Waals surface area contributed by atoms with Crippen LogP contribution in [-0.4, -0.2) is 41.1 Å². The molecule has 0 N–H and O–H groups in total. The highest BCUT2D eigenvalue weighted by molar-refractivity contribution is 7.89. The summed E-state index contributed by atoms with van der Waals surface area (Å²) in [7, 11) is -3.65. The first-order valence-electron chi connectivity index (χ1n) is 8.64. The minimum absolute atomic E-state index is 0.185. The molecule has 2 aliphatic rings. The lowest BCUT2D eigenvalue weighted by molar-refractivity contribution is 0.329. The molecule has 8 nitrogen and oxygen atoms in total. The zero-order chi connectivity index (χ0) is 17.8. The van der Waals surface area contributed by atoms with Crippen LogP contribution >= 0.6 is 0 Å². The van der Waals surface area contributed by atoms with Gasteiger partial charge in [-0.1, -0.05) is 23.7 Å². The van der Waals surface area contributed by atoms with Crippen LogP contribution in [-0.2, 0) is 21.9 Å². The van der Waals surface area contributed by atoms with Gasteiger partial charge in [-0.3, -0.25) is 0 Å². The molecular formula is C16H22N4O4S. The highest BCUT2D eigenvalue weighted by Crippen LogP contribution is 2.50. The smallest absolute Gasteiger partial charge is 0.248 e. The molecule has 2 aromatic rings. The van der Waals surface area contributed by atoms with Crippen LogP contribution in [0.3, 0.4) is 0 Å². The van der Waals surface area contributed by atoms with Gasteiger partial charge in [-0.15, -0.1) is 0 Å². The molecule has 2 fully saturated rings. The van der Waals surface area contributed by atoms with Gasteiger partial charge in [0.25, 0.3) is 0 Å². The molecule has 0 spiro atoms. The summed E-state index contributed by atoms with van der Waals surface area (Å²) in [5.41, 5.74) is 0.0552. The van der Waals surface area contributed by atoms with E-state index in [4.69, 9.17) is 9.05 Å². The van der Waals surface area contributed by atoms with Gasteiger partial charge >= 0.3 is 0 Å². The lowest BCUT2D eigenvalue weighted by Crippen LogP contribution is -2.35. The number of hydrogen-bond acceptors (Lipinski definition) is 7. The molecule has 4 rings (SSSR count). The lowest BCUT2D eigenvalue weighted by Gasteiger charge is -2.24. The summed E-state index contributed by atoms with van der Waals surface area (Å²) in [5, 5.41) is 7.97. The number of aromatic nitrogens is 3. The van der Waals surface area contributed by atoms with E-state index in [1.54, 1.807) is 18.2 Å². The molecule has 1 saturated carbocycles. The molecule has 3 heterocycles. The van der Waals surface area contributed by atoms with E-state index >= 15 is 0 Å². The van der Waals surface area contributed by atoms with Crippen LogP contribution in [0.2, 0.25) is 0 Å². The first-order chi connectivity index (χ1) is 11.9. The van der Waals surface area contributed by atoms with Crippen molar-refractivity contribution < 1.29 is 17.5 Å². The van der Waals surface area contributed by atoms with E-state index in [9.17, 15) is 8.42 Å². The van der Waals surface area contributed by atoms with Crippen molar-refractivity contribution in [3.8, 4) is 0 Å². The van der Waals surface area contributed by atoms with Gasteiger partial charge in [0.05, 0.1) is 5.41 Å². The third-order valence-electron chi connectivity index (χ3n) is 5.62. The van der Waals surface area contributed by atoms with E-state index in [-0.39, 0.29) is 16.2 Å². The SMILES string of the molecule is CCc1nc([C@@]23CCC[C@@H]2CN(S(=O)(=O)c2c(C)noc2C)C3)no1. The second kappa shape index (κ2) is 5.63. The van der Waals surface area contributed by atoms with Crippen molar-refractivity contribution in [3.05, 3.63) is 23.2 Å². The van der Waals surface area contributed by atoms with Crippen molar-refractivity contribution in [1.29, 1.82) is 0 Å². The van der Waals surface area contributed by atoms with Gasteiger partial charge in [-0.05, 0) is 32.6 Å². The Kier molecular flexibility index (Phi) is 3.77. The molecular weight excluding hydrogens is 344 g/mol. The summed E-state index contributed by atoms with van der Waals surface area (Å²) in [6.45, 7) is 6.11. The third-order valence-corrected chi connectivity index (χ3v) is 7.68. The van der Waals surface area contributed by atoms with Gasteiger partial charge in [-0.2, -0.15) is 9.29 Å². The summed E-state index contributed by atoms with van der Waals surface area (Å²) in [6, 6.07) is 0. The molecule has 1 aliphatic heterocycles. The highest BCUT2D eigenvalue weighted by Gasteiger charge is 2.56. The Labute approximate surface area is 146 Å². The van der Waals surface area contributed by atoms with E-state index in [0.717, 1.165) is 19.3 Å². The molecule has 2 atom stereocenters. The Bertz CT molecular complexity index is 884. The summed E-state index contributed by atoms with van der Waals surface area (Å²) in [4.78, 5) is 4.71. The van der Waals surface area contributed by atoms with Gasteiger partial charge < -0.3 is 9.05 Å². The first-order valence-corrected chi connectivity index (χ1v) is 10.1. The lowest BCUT2D eigenvalue weighted by atomic mass is 9.80. The third kappa shape index (κ3) is 2.36. The Morgan fingerprint density at radius 2 is 2.08 bits per heavy atom. The monoisotopic (exact) mass is 366 g/mol. The van der Waals surface area contributed by atoms with Crippen LogP contribution < -0.4 is 0 Å². The topological polar surface area (TPSA) is 102 Å². The molecule has 1 saturated heterocycles. The standard InChI is InChI=1S/C16H22N4O4S/c1-4-13-17-15(19-24-13)16-7-5-6-12(16)8-20(9-16)25(21,22)14-10(2)18-23-11(14)3/h12H,4-9H2,1-3H3/t12-,16-/m1/s1. The van der Waals surface area contributed by atoms with Crippen molar-refractivity contribution in [1.82, 2.24) is 19.6 Å². The Hall–Kier alpha value is -1.74. The van der Waals surface area contributed by atoms with Crippen molar-refractivity contribution in [2.24, 2.45) is 5.92 Å². The van der Waals surface area contributed by atoms with E-state index in [2.05, 4.69) is 15.3 Å². The Morgan fingerprint density at radius 3 is 2.72 bits per heavy atom. The van der Waals surface area contributed by atoms with Gasteiger partial charge in [0.15, 0.2) is 11.6 Å². The molecule has 0 radical (unpaired) electrons. The van der Waals surface area contributed by atoms with Crippen LogP contribution in [0.4, 0.5) is 0 Å². The predicted octanol–water partition coefficient (Wildman–Crippen LogP) is 1.98. The maximum absolute atomic E-state index is 13.2. The normalized spacial score (nSPS) is 27.1. The number of nitrogens with zero attached hydrogens (tertiary/aromatic N) is 4. The molecule has 0 aromatic carbocycles. The molecule has 0 amide bonds. The molecule has 0 unspecified atom stereocenters. The van der Waals surface area contributed by atoms with Gasteiger partial charge in [0, 0.05) is 19.5 Å². The second-order valence-electron chi connectivity index (χ2n) is 7.06. The van der Waals surface area contributed by atoms with Crippen LogP contribution in [0.15, 0.2) is 13.9 Å². The maximum atomic E-state index is 13.2. The fourth-order valence-corrected chi connectivity index (χ4v) is 6.21. The number of aryl methyl sites for hydroxylation is 3. The average Bonchev–Trinajstić information content (AvgIpc) is 3.28. The number of rotatable bonds is 4. The molecule has 9 heteroatoms. The first kappa shape index (κ1) is 16.7. The van der Waals surface area contributed by atoms with Gasteiger partial charge in [-0.25, -0.2) is 8.42 Å². The number of fused-ring (bicyclic) bond motifs is 1. The summed E-state index contributed by atoms with van der Waals surface area (Å²) >= 11 is 0. The molecule has 0 bridgehead atoms.